The second-order valence-corrected chi connectivity index (χ2v) is 5.61. The third-order valence-corrected chi connectivity index (χ3v) is 4.29. The normalized spacial score (nSPS) is 10.8. The van der Waals surface area contributed by atoms with E-state index in [4.69, 9.17) is 4.74 Å². The van der Waals surface area contributed by atoms with Crippen LogP contribution < -0.4 is 5.32 Å². The molecule has 0 aromatic carbocycles. The molecule has 2 aromatic heterocycles. The first-order chi connectivity index (χ1) is 8.81. The van der Waals surface area contributed by atoms with Gasteiger partial charge in [-0.25, -0.2) is 0 Å². The highest BCUT2D eigenvalue weighted by Crippen LogP contribution is 2.28. The Bertz CT molecular complexity index is 431. The number of thiophene rings is 2. The van der Waals surface area contributed by atoms with Gasteiger partial charge in [0.2, 0.25) is 0 Å². The summed E-state index contributed by atoms with van der Waals surface area (Å²) in [6, 6.07) is 8.27. The lowest BCUT2D eigenvalue weighted by Crippen LogP contribution is -2.28. The van der Waals surface area contributed by atoms with Gasteiger partial charge in [-0.15, -0.1) is 22.7 Å². The second kappa shape index (κ2) is 6.68. The standard InChI is InChI=1S/C13H15NO2S2/c1-2-16-12(15)9-14-13(10-5-3-7-17-10)11-6-4-8-18-11/h3-8,13-14H,2,9H2,1H3. The summed E-state index contributed by atoms with van der Waals surface area (Å²) in [4.78, 5) is 13.8. The molecule has 0 radical (unpaired) electrons. The predicted octanol–water partition coefficient (Wildman–Crippen LogP) is 3.05. The molecule has 2 rings (SSSR count). The fraction of sp³-hybridized carbons (Fsp3) is 0.308. The summed E-state index contributed by atoms with van der Waals surface area (Å²) < 4.78 is 4.93. The quantitative estimate of drug-likeness (QED) is 0.827. The van der Waals surface area contributed by atoms with Crippen LogP contribution in [0.2, 0.25) is 0 Å². The monoisotopic (exact) mass is 281 g/mol. The van der Waals surface area contributed by atoms with Crippen LogP contribution in [0.4, 0.5) is 0 Å². The largest absolute Gasteiger partial charge is 0.465 e. The SMILES string of the molecule is CCOC(=O)CNC(c1cccs1)c1cccs1. The van der Waals surface area contributed by atoms with E-state index in [2.05, 4.69) is 17.4 Å². The fourth-order valence-corrected chi connectivity index (χ4v) is 3.36. The topological polar surface area (TPSA) is 38.3 Å². The Labute approximate surface area is 114 Å². The van der Waals surface area contributed by atoms with Crippen molar-refractivity contribution in [3.8, 4) is 0 Å². The number of carbonyl (C=O) groups excluding carboxylic acids is 1. The van der Waals surface area contributed by atoms with Gasteiger partial charge in [-0.1, -0.05) is 12.1 Å². The van der Waals surface area contributed by atoms with Crippen LogP contribution in [0.5, 0.6) is 0 Å². The zero-order valence-corrected chi connectivity index (χ0v) is 11.7. The number of esters is 1. The van der Waals surface area contributed by atoms with E-state index in [1.807, 2.05) is 29.8 Å². The molecule has 0 fully saturated rings. The van der Waals surface area contributed by atoms with Crippen molar-refractivity contribution in [2.24, 2.45) is 0 Å². The summed E-state index contributed by atoms with van der Waals surface area (Å²) >= 11 is 3.37. The first kappa shape index (κ1) is 13.3. The summed E-state index contributed by atoms with van der Waals surface area (Å²) in [6.07, 6.45) is 0. The molecule has 18 heavy (non-hydrogen) atoms. The number of nitrogens with one attached hydrogen (secondary N) is 1. The van der Waals surface area contributed by atoms with Crippen LogP contribution in [0.3, 0.4) is 0 Å². The van der Waals surface area contributed by atoms with E-state index < -0.39 is 0 Å². The Morgan fingerprint density at radius 2 is 1.89 bits per heavy atom. The van der Waals surface area contributed by atoms with Crippen LogP contribution in [0.25, 0.3) is 0 Å². The maximum atomic E-state index is 11.4. The first-order valence-electron chi connectivity index (χ1n) is 5.77. The molecule has 0 spiro atoms. The highest BCUT2D eigenvalue weighted by atomic mass is 32.1. The van der Waals surface area contributed by atoms with Gasteiger partial charge in [0.1, 0.15) is 0 Å². The Morgan fingerprint density at radius 3 is 2.33 bits per heavy atom. The van der Waals surface area contributed by atoms with Crippen molar-refractivity contribution in [3.63, 3.8) is 0 Å². The van der Waals surface area contributed by atoms with Crippen LogP contribution in [-0.4, -0.2) is 19.1 Å². The van der Waals surface area contributed by atoms with Gasteiger partial charge in [0.15, 0.2) is 0 Å². The first-order valence-corrected chi connectivity index (χ1v) is 7.53. The van der Waals surface area contributed by atoms with Crippen molar-refractivity contribution >= 4 is 28.6 Å². The fourth-order valence-electron chi connectivity index (χ4n) is 1.65. The van der Waals surface area contributed by atoms with Gasteiger partial charge in [0.25, 0.3) is 0 Å². The maximum Gasteiger partial charge on any atom is 0.319 e. The van der Waals surface area contributed by atoms with E-state index in [1.165, 1.54) is 9.75 Å². The molecule has 0 bridgehead atoms. The highest BCUT2D eigenvalue weighted by molar-refractivity contribution is 7.11. The zero-order valence-electron chi connectivity index (χ0n) is 10.1. The summed E-state index contributed by atoms with van der Waals surface area (Å²) in [6.45, 7) is 2.46. The Morgan fingerprint density at radius 1 is 1.28 bits per heavy atom. The van der Waals surface area contributed by atoms with Gasteiger partial charge in [-0.2, -0.15) is 0 Å². The lowest BCUT2D eigenvalue weighted by Gasteiger charge is -2.15. The van der Waals surface area contributed by atoms with Crippen LogP contribution >= 0.6 is 22.7 Å². The van der Waals surface area contributed by atoms with Crippen molar-refractivity contribution in [2.45, 2.75) is 13.0 Å². The molecular weight excluding hydrogens is 266 g/mol. The molecule has 5 heteroatoms. The lowest BCUT2D eigenvalue weighted by molar-refractivity contribution is -0.142. The Hall–Kier alpha value is -1.17. The van der Waals surface area contributed by atoms with Crippen LogP contribution in [0.15, 0.2) is 35.0 Å². The second-order valence-electron chi connectivity index (χ2n) is 3.65. The summed E-state index contributed by atoms with van der Waals surface area (Å²) in [5.74, 6) is -0.212. The molecule has 0 saturated heterocycles. The van der Waals surface area contributed by atoms with E-state index in [0.717, 1.165) is 0 Å². The number of ether oxygens (including phenoxy) is 1. The van der Waals surface area contributed by atoms with Crippen LogP contribution in [0.1, 0.15) is 22.7 Å². The van der Waals surface area contributed by atoms with Gasteiger partial charge in [0.05, 0.1) is 19.2 Å². The molecule has 0 aliphatic rings. The van der Waals surface area contributed by atoms with Crippen molar-refractivity contribution in [2.75, 3.05) is 13.2 Å². The molecule has 2 aromatic rings. The minimum Gasteiger partial charge on any atom is -0.465 e. The molecule has 0 aliphatic carbocycles. The average molecular weight is 281 g/mol. The molecule has 0 unspecified atom stereocenters. The molecular formula is C13H15NO2S2. The summed E-state index contributed by atoms with van der Waals surface area (Å²) in [5, 5.41) is 7.34. The van der Waals surface area contributed by atoms with Crippen molar-refractivity contribution in [1.82, 2.24) is 5.32 Å². The van der Waals surface area contributed by atoms with E-state index in [1.54, 1.807) is 22.7 Å². The number of hydrogen-bond donors (Lipinski definition) is 1. The van der Waals surface area contributed by atoms with Gasteiger partial charge >= 0.3 is 5.97 Å². The van der Waals surface area contributed by atoms with Crippen molar-refractivity contribution < 1.29 is 9.53 Å². The molecule has 0 amide bonds. The minimum atomic E-state index is -0.212. The molecule has 0 aliphatic heterocycles. The van der Waals surface area contributed by atoms with E-state index in [9.17, 15) is 4.79 Å². The van der Waals surface area contributed by atoms with Crippen LogP contribution in [-0.2, 0) is 9.53 Å². The third-order valence-electron chi connectivity index (χ3n) is 2.41. The molecule has 2 heterocycles. The minimum absolute atomic E-state index is 0.0782. The predicted molar refractivity (Wildman–Crippen MR) is 75.1 cm³/mol. The van der Waals surface area contributed by atoms with Gasteiger partial charge in [-0.05, 0) is 29.8 Å². The zero-order chi connectivity index (χ0) is 12.8. The Kier molecular flexibility index (Phi) is 4.92. The van der Waals surface area contributed by atoms with Gasteiger partial charge < -0.3 is 4.74 Å². The Balaban J connectivity index is 2.05. The number of rotatable bonds is 6. The molecule has 0 atom stereocenters. The van der Waals surface area contributed by atoms with E-state index in [-0.39, 0.29) is 18.6 Å². The van der Waals surface area contributed by atoms with Crippen molar-refractivity contribution in [1.29, 1.82) is 0 Å². The number of hydrogen-bond acceptors (Lipinski definition) is 5. The number of carbonyl (C=O) groups is 1. The van der Waals surface area contributed by atoms with E-state index in [0.29, 0.717) is 6.61 Å². The molecule has 1 N–H and O–H groups in total. The van der Waals surface area contributed by atoms with E-state index >= 15 is 0 Å². The van der Waals surface area contributed by atoms with Gasteiger partial charge in [-0.3, -0.25) is 10.1 Å². The maximum absolute atomic E-state index is 11.4. The van der Waals surface area contributed by atoms with Crippen LogP contribution in [0, 0.1) is 0 Å². The average Bonchev–Trinajstić information content (AvgIpc) is 3.02. The summed E-state index contributed by atoms with van der Waals surface area (Å²) in [5.41, 5.74) is 0. The summed E-state index contributed by atoms with van der Waals surface area (Å²) in [7, 11) is 0. The molecule has 0 saturated carbocycles. The third kappa shape index (κ3) is 3.41. The van der Waals surface area contributed by atoms with Crippen molar-refractivity contribution in [3.05, 3.63) is 44.8 Å². The van der Waals surface area contributed by atoms with Gasteiger partial charge in [0, 0.05) is 9.75 Å². The highest BCUT2D eigenvalue weighted by Gasteiger charge is 2.17. The smallest absolute Gasteiger partial charge is 0.319 e. The molecule has 3 nitrogen and oxygen atoms in total. The lowest BCUT2D eigenvalue weighted by atomic mass is 10.2. The molecule has 96 valence electrons.